The van der Waals surface area contributed by atoms with Gasteiger partial charge in [-0.15, -0.1) is 11.3 Å². The molecule has 0 aliphatic rings. The van der Waals surface area contributed by atoms with E-state index in [1.165, 1.54) is 17.4 Å². The molecule has 0 aliphatic heterocycles. The Morgan fingerprint density at radius 1 is 1.50 bits per heavy atom. The summed E-state index contributed by atoms with van der Waals surface area (Å²) in [5.41, 5.74) is 5.59. The van der Waals surface area contributed by atoms with Crippen LogP contribution >= 0.6 is 38.9 Å². The lowest BCUT2D eigenvalue weighted by molar-refractivity contribution is 0.0997. The van der Waals surface area contributed by atoms with Gasteiger partial charge < -0.3 is 10.6 Å². The minimum absolute atomic E-state index is 0.113. The third-order valence-electron chi connectivity index (χ3n) is 2.71. The minimum Gasteiger partial charge on any atom is -0.369 e. The van der Waals surface area contributed by atoms with Crippen molar-refractivity contribution in [2.45, 2.75) is 6.54 Å². The topological polar surface area (TPSA) is 46.3 Å². The lowest BCUT2D eigenvalue weighted by Crippen LogP contribution is -2.23. The van der Waals surface area contributed by atoms with E-state index in [1.807, 2.05) is 6.07 Å². The molecule has 2 N–H and O–H groups in total. The number of anilines is 1. The minimum atomic E-state index is -0.791. The summed E-state index contributed by atoms with van der Waals surface area (Å²) >= 11 is 10.5. The van der Waals surface area contributed by atoms with Crippen LogP contribution in [0.25, 0.3) is 0 Å². The lowest BCUT2D eigenvalue weighted by atomic mass is 10.1. The van der Waals surface area contributed by atoms with Gasteiger partial charge in [0.05, 0.1) is 22.1 Å². The molecule has 0 spiro atoms. The van der Waals surface area contributed by atoms with Crippen LogP contribution in [-0.4, -0.2) is 13.0 Å². The van der Waals surface area contributed by atoms with Gasteiger partial charge in [-0.05, 0) is 24.3 Å². The predicted octanol–water partition coefficient (Wildman–Crippen LogP) is 4.04. The largest absolute Gasteiger partial charge is 0.369 e. The number of nitrogens with two attached hydrogens (primary N) is 1. The van der Waals surface area contributed by atoms with Gasteiger partial charge in [-0.1, -0.05) is 27.5 Å². The van der Waals surface area contributed by atoms with Crippen LogP contribution in [0.1, 0.15) is 15.2 Å². The van der Waals surface area contributed by atoms with E-state index in [1.54, 1.807) is 24.1 Å². The third-order valence-corrected chi connectivity index (χ3v) is 4.39. The Morgan fingerprint density at radius 3 is 2.75 bits per heavy atom. The van der Waals surface area contributed by atoms with E-state index in [4.69, 9.17) is 17.3 Å². The van der Waals surface area contributed by atoms with Crippen LogP contribution < -0.4 is 10.6 Å². The zero-order valence-corrected chi connectivity index (χ0v) is 13.6. The normalized spacial score (nSPS) is 10.6. The van der Waals surface area contributed by atoms with Gasteiger partial charge in [0.15, 0.2) is 0 Å². The van der Waals surface area contributed by atoms with Crippen LogP contribution in [0.15, 0.2) is 28.7 Å². The molecule has 1 heterocycles. The Kier molecular flexibility index (Phi) is 4.67. The smallest absolute Gasteiger partial charge is 0.253 e. The second kappa shape index (κ2) is 6.11. The average Bonchev–Trinajstić information content (AvgIpc) is 2.72. The number of nitrogens with zero attached hydrogens (tertiary/aromatic N) is 1. The number of hydrogen-bond donors (Lipinski definition) is 1. The number of halogens is 3. The first-order chi connectivity index (χ1) is 9.38. The SMILES string of the molecule is CN(Cc1ccc(Cl)s1)c1cc(Br)cc(F)c1C(N)=O. The molecule has 0 saturated carbocycles. The van der Waals surface area contributed by atoms with Gasteiger partial charge in [0.25, 0.3) is 5.91 Å². The van der Waals surface area contributed by atoms with Crippen molar-refractivity contribution in [1.82, 2.24) is 0 Å². The van der Waals surface area contributed by atoms with Crippen LogP contribution in [0.5, 0.6) is 0 Å². The van der Waals surface area contributed by atoms with Crippen LogP contribution in [-0.2, 0) is 6.54 Å². The second-order valence-electron chi connectivity index (χ2n) is 4.21. The Hall–Kier alpha value is -1.11. The van der Waals surface area contributed by atoms with Crippen LogP contribution in [0, 0.1) is 5.82 Å². The second-order valence-corrected chi connectivity index (χ2v) is 6.92. The highest BCUT2D eigenvalue weighted by atomic mass is 79.9. The molecule has 0 aliphatic carbocycles. The molecular weight excluding hydrogens is 367 g/mol. The van der Waals surface area contributed by atoms with Crippen LogP contribution in [0.3, 0.4) is 0 Å². The molecule has 1 aromatic heterocycles. The number of rotatable bonds is 4. The summed E-state index contributed by atoms with van der Waals surface area (Å²) in [6.07, 6.45) is 0. The van der Waals surface area contributed by atoms with Crippen molar-refractivity contribution in [1.29, 1.82) is 0 Å². The molecule has 0 unspecified atom stereocenters. The molecular formula is C13H11BrClFN2OS. The van der Waals surface area contributed by atoms with E-state index in [9.17, 15) is 9.18 Å². The first-order valence-corrected chi connectivity index (χ1v) is 7.61. The summed E-state index contributed by atoms with van der Waals surface area (Å²) in [5.74, 6) is -1.43. The highest BCUT2D eigenvalue weighted by Crippen LogP contribution is 2.30. The van der Waals surface area contributed by atoms with Crippen molar-refractivity contribution in [3.63, 3.8) is 0 Å². The van der Waals surface area contributed by atoms with Gasteiger partial charge in [-0.3, -0.25) is 4.79 Å². The molecule has 0 atom stereocenters. The maximum Gasteiger partial charge on any atom is 0.253 e. The molecule has 0 bridgehead atoms. The van der Waals surface area contributed by atoms with E-state index in [2.05, 4.69) is 15.9 Å². The highest BCUT2D eigenvalue weighted by Gasteiger charge is 2.18. The molecule has 0 fully saturated rings. The number of carbonyl (C=O) groups excluding carboxylic acids is 1. The van der Waals surface area contributed by atoms with Crippen molar-refractivity contribution >= 4 is 50.5 Å². The Labute approximate surface area is 133 Å². The predicted molar refractivity (Wildman–Crippen MR) is 84.1 cm³/mol. The van der Waals surface area contributed by atoms with E-state index in [-0.39, 0.29) is 5.56 Å². The van der Waals surface area contributed by atoms with Gasteiger partial charge in [0.2, 0.25) is 0 Å². The zero-order valence-electron chi connectivity index (χ0n) is 10.5. The maximum absolute atomic E-state index is 13.9. The Bertz CT molecular complexity index is 662. The zero-order chi connectivity index (χ0) is 14.9. The highest BCUT2D eigenvalue weighted by molar-refractivity contribution is 9.10. The number of primary amides is 1. The number of benzene rings is 1. The molecule has 2 rings (SSSR count). The monoisotopic (exact) mass is 376 g/mol. The number of thiophene rings is 1. The molecule has 2 aromatic rings. The molecule has 1 amide bonds. The van der Waals surface area contributed by atoms with Crippen molar-refractivity contribution in [3.05, 3.63) is 49.3 Å². The molecule has 20 heavy (non-hydrogen) atoms. The summed E-state index contributed by atoms with van der Waals surface area (Å²) in [5, 5.41) is 0. The maximum atomic E-state index is 13.9. The quantitative estimate of drug-likeness (QED) is 0.874. The van der Waals surface area contributed by atoms with Gasteiger partial charge in [0, 0.05) is 16.4 Å². The van der Waals surface area contributed by atoms with Gasteiger partial charge in [-0.25, -0.2) is 4.39 Å². The van der Waals surface area contributed by atoms with Crippen LogP contribution in [0.2, 0.25) is 4.34 Å². The van der Waals surface area contributed by atoms with E-state index >= 15 is 0 Å². The lowest BCUT2D eigenvalue weighted by Gasteiger charge is -2.21. The molecule has 7 heteroatoms. The summed E-state index contributed by atoms with van der Waals surface area (Å²) < 4.78 is 15.1. The van der Waals surface area contributed by atoms with Crippen molar-refractivity contribution < 1.29 is 9.18 Å². The van der Waals surface area contributed by atoms with Crippen molar-refractivity contribution in [2.24, 2.45) is 5.73 Å². The molecule has 3 nitrogen and oxygen atoms in total. The van der Waals surface area contributed by atoms with Crippen molar-refractivity contribution in [2.75, 3.05) is 11.9 Å². The van der Waals surface area contributed by atoms with Gasteiger partial charge in [-0.2, -0.15) is 0 Å². The molecule has 0 saturated heterocycles. The third kappa shape index (κ3) is 3.31. The molecule has 1 aromatic carbocycles. The summed E-state index contributed by atoms with van der Waals surface area (Å²) in [7, 11) is 1.77. The fourth-order valence-electron chi connectivity index (χ4n) is 1.86. The molecule has 0 radical (unpaired) electrons. The summed E-state index contributed by atoms with van der Waals surface area (Å²) in [6, 6.07) is 6.57. The van der Waals surface area contributed by atoms with Gasteiger partial charge in [0.1, 0.15) is 5.82 Å². The van der Waals surface area contributed by atoms with E-state index in [0.717, 1.165) is 4.88 Å². The average molecular weight is 378 g/mol. The number of carbonyl (C=O) groups is 1. The number of amides is 1. The molecule has 106 valence electrons. The van der Waals surface area contributed by atoms with Gasteiger partial charge >= 0.3 is 0 Å². The first kappa shape index (κ1) is 15.3. The van der Waals surface area contributed by atoms with Crippen LogP contribution in [0.4, 0.5) is 10.1 Å². The fraction of sp³-hybridized carbons (Fsp3) is 0.154. The summed E-state index contributed by atoms with van der Waals surface area (Å²) in [6.45, 7) is 0.507. The van der Waals surface area contributed by atoms with E-state index < -0.39 is 11.7 Å². The fourth-order valence-corrected chi connectivity index (χ4v) is 3.42. The number of hydrogen-bond acceptors (Lipinski definition) is 3. The first-order valence-electron chi connectivity index (χ1n) is 5.62. The van der Waals surface area contributed by atoms with E-state index in [0.29, 0.717) is 21.0 Å². The summed E-state index contributed by atoms with van der Waals surface area (Å²) in [4.78, 5) is 14.2. The standard InChI is InChI=1S/C13H11BrClFN2OS/c1-18(6-8-2-3-11(15)20-8)10-5-7(14)4-9(16)12(10)13(17)19/h2-5H,6H2,1H3,(H2,17,19). The Balaban J connectivity index is 2.38. The Morgan fingerprint density at radius 2 is 2.20 bits per heavy atom. The van der Waals surface area contributed by atoms with Crippen molar-refractivity contribution in [3.8, 4) is 0 Å².